The highest BCUT2D eigenvalue weighted by atomic mass is 16.6. The Bertz CT molecular complexity index is 902. The standard InChI is InChI=1S/C25H38N4O4/c1-20(30)17-21-18-23(12-13-24(21)29(31)32)33-16-10-6-5-9-15-28-19-22(26-27-28)11-7-8-14-25(2,3)4/h12-13,18-19H,5-11,14-17H2,1-4H3. The Morgan fingerprint density at radius 3 is 2.58 bits per heavy atom. The van der Waals surface area contributed by atoms with Gasteiger partial charge < -0.3 is 4.74 Å². The average Bonchev–Trinajstić information content (AvgIpc) is 3.17. The molecular formula is C25H38N4O4. The molecule has 0 saturated heterocycles. The highest BCUT2D eigenvalue weighted by Gasteiger charge is 2.16. The van der Waals surface area contributed by atoms with E-state index in [1.807, 2.05) is 4.68 Å². The van der Waals surface area contributed by atoms with Gasteiger partial charge in [-0.2, -0.15) is 0 Å². The van der Waals surface area contributed by atoms with Gasteiger partial charge in [0.15, 0.2) is 0 Å². The number of hydrogen-bond acceptors (Lipinski definition) is 6. The molecule has 2 aromatic rings. The maximum absolute atomic E-state index is 11.4. The fourth-order valence-electron chi connectivity index (χ4n) is 3.68. The Balaban J connectivity index is 1.61. The number of ether oxygens (including phenoxy) is 1. The lowest BCUT2D eigenvalue weighted by molar-refractivity contribution is -0.385. The van der Waals surface area contributed by atoms with Gasteiger partial charge in [0.05, 0.1) is 17.2 Å². The fourth-order valence-corrected chi connectivity index (χ4v) is 3.68. The number of carbonyl (C=O) groups is 1. The molecule has 0 radical (unpaired) electrons. The first kappa shape index (κ1) is 26.5. The molecule has 0 saturated carbocycles. The lowest BCUT2D eigenvalue weighted by Gasteiger charge is -2.17. The summed E-state index contributed by atoms with van der Waals surface area (Å²) in [5.74, 6) is 0.449. The molecule has 0 aliphatic carbocycles. The van der Waals surface area contributed by atoms with Crippen molar-refractivity contribution >= 4 is 11.5 Å². The topological polar surface area (TPSA) is 100 Å². The van der Waals surface area contributed by atoms with Gasteiger partial charge >= 0.3 is 0 Å². The predicted octanol–water partition coefficient (Wildman–Crippen LogP) is 5.72. The zero-order valence-electron chi connectivity index (χ0n) is 20.5. The Morgan fingerprint density at radius 2 is 1.88 bits per heavy atom. The molecule has 1 aromatic heterocycles. The summed E-state index contributed by atoms with van der Waals surface area (Å²) in [4.78, 5) is 22.0. The average molecular weight is 459 g/mol. The molecule has 0 amide bonds. The van der Waals surface area contributed by atoms with Crippen LogP contribution >= 0.6 is 0 Å². The number of nitrogens with zero attached hydrogens (tertiary/aromatic N) is 4. The fraction of sp³-hybridized carbons (Fsp3) is 0.640. The summed E-state index contributed by atoms with van der Waals surface area (Å²) in [5, 5.41) is 19.6. The van der Waals surface area contributed by atoms with Crippen molar-refractivity contribution in [2.45, 2.75) is 92.0 Å². The smallest absolute Gasteiger partial charge is 0.273 e. The minimum Gasteiger partial charge on any atom is -0.494 e. The first-order chi connectivity index (χ1) is 15.6. The molecule has 33 heavy (non-hydrogen) atoms. The Labute approximate surface area is 196 Å². The third-order valence-corrected chi connectivity index (χ3v) is 5.43. The molecule has 0 aliphatic rings. The van der Waals surface area contributed by atoms with Crippen molar-refractivity contribution in [3.63, 3.8) is 0 Å². The van der Waals surface area contributed by atoms with E-state index in [4.69, 9.17) is 4.74 Å². The van der Waals surface area contributed by atoms with Crippen molar-refractivity contribution in [2.24, 2.45) is 5.41 Å². The van der Waals surface area contributed by atoms with Crippen LogP contribution in [-0.2, 0) is 24.2 Å². The van der Waals surface area contributed by atoms with Gasteiger partial charge in [0, 0.05) is 30.8 Å². The summed E-state index contributed by atoms with van der Waals surface area (Å²) in [7, 11) is 0. The molecule has 0 bridgehead atoms. The van der Waals surface area contributed by atoms with Crippen LogP contribution in [0.4, 0.5) is 5.69 Å². The number of ketones is 1. The van der Waals surface area contributed by atoms with Gasteiger partial charge in [-0.1, -0.05) is 38.8 Å². The lowest BCUT2D eigenvalue weighted by Crippen LogP contribution is -2.04. The zero-order chi connectivity index (χ0) is 24.3. The second-order valence-electron chi connectivity index (χ2n) is 9.93. The first-order valence-electron chi connectivity index (χ1n) is 11.9. The number of nitro groups is 1. The van der Waals surface area contributed by atoms with Gasteiger partial charge in [-0.15, -0.1) is 5.10 Å². The number of benzene rings is 1. The number of nitro benzene ring substituents is 1. The number of carbonyl (C=O) groups excluding carboxylic acids is 1. The Morgan fingerprint density at radius 1 is 1.12 bits per heavy atom. The van der Waals surface area contributed by atoms with Crippen LogP contribution in [0.5, 0.6) is 5.75 Å². The number of unbranched alkanes of at least 4 members (excludes halogenated alkanes) is 4. The second-order valence-corrected chi connectivity index (χ2v) is 9.93. The molecule has 0 atom stereocenters. The van der Waals surface area contributed by atoms with Gasteiger partial charge in [-0.25, -0.2) is 0 Å². The number of hydrogen-bond donors (Lipinski definition) is 0. The van der Waals surface area contributed by atoms with Gasteiger partial charge in [0.2, 0.25) is 0 Å². The van der Waals surface area contributed by atoms with Gasteiger partial charge in [0.1, 0.15) is 11.5 Å². The Kier molecular flexibility index (Phi) is 10.5. The van der Waals surface area contributed by atoms with Crippen LogP contribution in [0.1, 0.15) is 83.9 Å². The molecule has 0 unspecified atom stereocenters. The monoisotopic (exact) mass is 458 g/mol. The van der Waals surface area contributed by atoms with E-state index in [0.29, 0.717) is 23.3 Å². The molecule has 1 heterocycles. The van der Waals surface area contributed by atoms with Crippen LogP contribution in [0.3, 0.4) is 0 Å². The van der Waals surface area contributed by atoms with E-state index >= 15 is 0 Å². The van der Waals surface area contributed by atoms with E-state index in [1.54, 1.807) is 12.1 Å². The molecule has 0 fully saturated rings. The van der Waals surface area contributed by atoms with Crippen LogP contribution in [0.15, 0.2) is 24.4 Å². The third-order valence-electron chi connectivity index (χ3n) is 5.43. The number of aromatic nitrogens is 3. The molecule has 1 aromatic carbocycles. The van der Waals surface area contributed by atoms with Gasteiger partial charge in [-0.05, 0) is 63.0 Å². The van der Waals surface area contributed by atoms with E-state index < -0.39 is 4.92 Å². The van der Waals surface area contributed by atoms with Crippen LogP contribution < -0.4 is 4.74 Å². The first-order valence-corrected chi connectivity index (χ1v) is 11.9. The molecule has 0 N–H and O–H groups in total. The van der Waals surface area contributed by atoms with E-state index in [2.05, 4.69) is 37.3 Å². The summed E-state index contributed by atoms with van der Waals surface area (Å²) < 4.78 is 7.67. The normalized spacial score (nSPS) is 11.5. The summed E-state index contributed by atoms with van der Waals surface area (Å²) in [6.45, 7) is 9.66. The summed E-state index contributed by atoms with van der Waals surface area (Å²) in [6, 6.07) is 4.60. The third kappa shape index (κ3) is 10.6. The van der Waals surface area contributed by atoms with Crippen LogP contribution in [-0.4, -0.2) is 32.3 Å². The maximum atomic E-state index is 11.4. The van der Waals surface area contributed by atoms with Crippen molar-refractivity contribution in [1.82, 2.24) is 15.0 Å². The van der Waals surface area contributed by atoms with E-state index in [0.717, 1.165) is 50.8 Å². The van der Waals surface area contributed by atoms with Crippen molar-refractivity contribution < 1.29 is 14.5 Å². The van der Waals surface area contributed by atoms with Crippen molar-refractivity contribution in [3.8, 4) is 5.75 Å². The SMILES string of the molecule is CC(=O)Cc1cc(OCCCCCCn2cc(CCCCC(C)(C)C)nn2)ccc1[N+](=O)[O-]. The maximum Gasteiger partial charge on any atom is 0.273 e. The van der Waals surface area contributed by atoms with Gasteiger partial charge in [0.25, 0.3) is 5.69 Å². The largest absolute Gasteiger partial charge is 0.494 e. The molecule has 0 spiro atoms. The minimum atomic E-state index is -0.465. The quantitative estimate of drug-likeness (QED) is 0.192. The van der Waals surface area contributed by atoms with Crippen molar-refractivity contribution in [1.29, 1.82) is 0 Å². The summed E-state index contributed by atoms with van der Waals surface area (Å²) >= 11 is 0. The van der Waals surface area contributed by atoms with Gasteiger partial charge in [-0.3, -0.25) is 19.6 Å². The van der Waals surface area contributed by atoms with Crippen LogP contribution in [0.2, 0.25) is 0 Å². The van der Waals surface area contributed by atoms with E-state index in [9.17, 15) is 14.9 Å². The van der Waals surface area contributed by atoms with E-state index in [1.165, 1.54) is 25.8 Å². The number of aryl methyl sites for hydroxylation is 2. The van der Waals surface area contributed by atoms with Crippen LogP contribution in [0, 0.1) is 15.5 Å². The van der Waals surface area contributed by atoms with E-state index in [-0.39, 0.29) is 17.9 Å². The Hall–Kier alpha value is -2.77. The molecule has 0 aliphatic heterocycles. The highest BCUT2D eigenvalue weighted by Crippen LogP contribution is 2.25. The predicted molar refractivity (Wildman–Crippen MR) is 128 cm³/mol. The second kappa shape index (κ2) is 13.1. The zero-order valence-corrected chi connectivity index (χ0v) is 20.5. The highest BCUT2D eigenvalue weighted by molar-refractivity contribution is 5.79. The molecule has 8 nitrogen and oxygen atoms in total. The molecular weight excluding hydrogens is 420 g/mol. The van der Waals surface area contributed by atoms with Crippen molar-refractivity contribution in [2.75, 3.05) is 6.61 Å². The molecule has 182 valence electrons. The number of Topliss-reactive ketones (excluding diaryl/α,β-unsaturated/α-hetero) is 1. The molecule has 8 heteroatoms. The van der Waals surface area contributed by atoms with Crippen LogP contribution in [0.25, 0.3) is 0 Å². The minimum absolute atomic E-state index is 0.0361. The molecule has 2 rings (SSSR count). The summed E-state index contributed by atoms with van der Waals surface area (Å²) in [5.41, 5.74) is 1.82. The van der Waals surface area contributed by atoms with Crippen molar-refractivity contribution in [3.05, 3.63) is 45.8 Å². The number of rotatable bonds is 15. The lowest BCUT2D eigenvalue weighted by atomic mass is 9.89. The summed E-state index contributed by atoms with van der Waals surface area (Å²) in [6.07, 6.45) is 10.7.